The van der Waals surface area contributed by atoms with Crippen LogP contribution in [0.2, 0.25) is 5.02 Å². The number of halogens is 1. The van der Waals surface area contributed by atoms with E-state index in [1.165, 1.54) is 24.3 Å². The number of carbonyl (C=O) groups is 1. The lowest BCUT2D eigenvalue weighted by Gasteiger charge is -2.19. The fourth-order valence-electron chi connectivity index (χ4n) is 3.11. The average molecular weight is 459 g/mol. The number of hydrogen-bond donors (Lipinski definition) is 2. The van der Waals surface area contributed by atoms with Crippen LogP contribution in [-0.2, 0) is 21.2 Å². The lowest BCUT2D eigenvalue weighted by Crippen LogP contribution is -2.45. The van der Waals surface area contributed by atoms with Crippen molar-refractivity contribution in [2.45, 2.75) is 17.4 Å². The minimum absolute atomic E-state index is 0.0193. The first kappa shape index (κ1) is 21.2. The quantitative estimate of drug-likeness (QED) is 0.564. The van der Waals surface area contributed by atoms with Crippen LogP contribution < -0.4 is 19.5 Å². The molecular formula is C22H19ClN2O5S. The number of sulfonamides is 1. The molecule has 0 radical (unpaired) electrons. The molecule has 1 atom stereocenters. The van der Waals surface area contributed by atoms with Gasteiger partial charge in [-0.3, -0.25) is 4.79 Å². The van der Waals surface area contributed by atoms with Gasteiger partial charge in [0.05, 0.1) is 4.90 Å². The number of rotatable bonds is 7. The second-order valence-corrected chi connectivity index (χ2v) is 9.03. The molecule has 0 saturated carbocycles. The van der Waals surface area contributed by atoms with Gasteiger partial charge in [-0.05, 0) is 48.4 Å². The molecule has 0 fully saturated rings. The summed E-state index contributed by atoms with van der Waals surface area (Å²) in [5.74, 6) is 0.599. The van der Waals surface area contributed by atoms with Crippen molar-refractivity contribution in [1.82, 2.24) is 4.72 Å². The minimum atomic E-state index is -3.96. The van der Waals surface area contributed by atoms with Crippen molar-refractivity contribution < 1.29 is 22.7 Å². The van der Waals surface area contributed by atoms with Crippen molar-refractivity contribution in [1.29, 1.82) is 0 Å². The number of fused-ring (bicyclic) bond motifs is 1. The number of benzene rings is 3. The Labute approximate surface area is 185 Å². The first-order chi connectivity index (χ1) is 14.9. The fraction of sp³-hybridized carbons (Fsp3) is 0.136. The maximum absolute atomic E-state index is 13.0. The highest BCUT2D eigenvalue weighted by molar-refractivity contribution is 7.89. The molecule has 1 aliphatic rings. The molecule has 0 unspecified atom stereocenters. The van der Waals surface area contributed by atoms with Crippen molar-refractivity contribution >= 4 is 33.2 Å². The van der Waals surface area contributed by atoms with Crippen LogP contribution in [0.5, 0.6) is 11.5 Å². The monoisotopic (exact) mass is 458 g/mol. The first-order valence-corrected chi connectivity index (χ1v) is 11.3. The molecule has 0 aromatic heterocycles. The Morgan fingerprint density at radius 3 is 2.42 bits per heavy atom. The van der Waals surface area contributed by atoms with Crippen molar-refractivity contribution in [3.05, 3.63) is 83.4 Å². The van der Waals surface area contributed by atoms with Crippen LogP contribution in [0.3, 0.4) is 0 Å². The molecule has 9 heteroatoms. The predicted molar refractivity (Wildman–Crippen MR) is 117 cm³/mol. The van der Waals surface area contributed by atoms with Gasteiger partial charge in [0.15, 0.2) is 11.5 Å². The molecule has 3 aromatic rings. The summed E-state index contributed by atoms with van der Waals surface area (Å²) in [6.45, 7) is 0.115. The number of carbonyl (C=O) groups excluding carboxylic acids is 1. The zero-order chi connectivity index (χ0) is 21.8. The van der Waals surface area contributed by atoms with Crippen LogP contribution in [0.1, 0.15) is 5.56 Å². The molecule has 0 bridgehead atoms. The Balaban J connectivity index is 1.57. The molecule has 1 aliphatic heterocycles. The summed E-state index contributed by atoms with van der Waals surface area (Å²) in [5.41, 5.74) is 1.28. The standard InChI is InChI=1S/C22H19ClN2O5S/c23-16-6-9-18(10-7-16)31(27,28)25-19(12-15-4-2-1-3-5-15)22(26)24-17-8-11-20-21(13-17)30-14-29-20/h1-11,13,19,25H,12,14H2,(H,24,26)/t19-/m0/s1. The second-order valence-electron chi connectivity index (χ2n) is 6.87. The number of hydrogen-bond acceptors (Lipinski definition) is 5. The Morgan fingerprint density at radius 2 is 1.68 bits per heavy atom. The van der Waals surface area contributed by atoms with Crippen molar-refractivity contribution in [2.75, 3.05) is 12.1 Å². The van der Waals surface area contributed by atoms with E-state index in [1.54, 1.807) is 18.2 Å². The smallest absolute Gasteiger partial charge is 0.242 e. The van der Waals surface area contributed by atoms with Gasteiger partial charge in [-0.25, -0.2) is 8.42 Å². The van der Waals surface area contributed by atoms with Crippen LogP contribution in [0.25, 0.3) is 0 Å². The summed E-state index contributed by atoms with van der Waals surface area (Å²) in [6, 6.07) is 18.8. The van der Waals surface area contributed by atoms with E-state index in [2.05, 4.69) is 10.0 Å². The van der Waals surface area contributed by atoms with Gasteiger partial charge >= 0.3 is 0 Å². The maximum Gasteiger partial charge on any atom is 0.242 e. The number of anilines is 1. The molecule has 1 amide bonds. The minimum Gasteiger partial charge on any atom is -0.454 e. The van der Waals surface area contributed by atoms with E-state index in [0.717, 1.165) is 5.56 Å². The van der Waals surface area contributed by atoms with Crippen LogP contribution in [0, 0.1) is 0 Å². The highest BCUT2D eigenvalue weighted by atomic mass is 35.5. The molecule has 7 nitrogen and oxygen atoms in total. The summed E-state index contributed by atoms with van der Waals surface area (Å²) in [6.07, 6.45) is 0.171. The van der Waals surface area contributed by atoms with E-state index >= 15 is 0 Å². The van der Waals surface area contributed by atoms with Crippen molar-refractivity contribution in [2.24, 2.45) is 0 Å². The van der Waals surface area contributed by atoms with Crippen LogP contribution in [0.4, 0.5) is 5.69 Å². The van der Waals surface area contributed by atoms with Crippen molar-refractivity contribution in [3.8, 4) is 11.5 Å². The van der Waals surface area contributed by atoms with Gasteiger partial charge in [0.1, 0.15) is 6.04 Å². The zero-order valence-corrected chi connectivity index (χ0v) is 17.8. The lowest BCUT2D eigenvalue weighted by atomic mass is 10.1. The summed E-state index contributed by atoms with van der Waals surface area (Å²) in [5, 5.41) is 3.17. The van der Waals surface area contributed by atoms with E-state index in [4.69, 9.17) is 21.1 Å². The third-order valence-electron chi connectivity index (χ3n) is 4.66. The SMILES string of the molecule is O=C(Nc1ccc2c(c1)OCO2)[C@H](Cc1ccccc1)NS(=O)(=O)c1ccc(Cl)cc1. The van der Waals surface area contributed by atoms with E-state index in [1.807, 2.05) is 30.3 Å². The molecule has 2 N–H and O–H groups in total. The third kappa shape index (κ3) is 5.16. The summed E-state index contributed by atoms with van der Waals surface area (Å²) < 4.78 is 38.9. The highest BCUT2D eigenvalue weighted by Gasteiger charge is 2.27. The third-order valence-corrected chi connectivity index (χ3v) is 6.40. The van der Waals surface area contributed by atoms with Crippen molar-refractivity contribution in [3.63, 3.8) is 0 Å². The van der Waals surface area contributed by atoms with E-state index < -0.39 is 22.0 Å². The summed E-state index contributed by atoms with van der Waals surface area (Å²) >= 11 is 5.86. The molecular weight excluding hydrogens is 440 g/mol. The fourth-order valence-corrected chi connectivity index (χ4v) is 4.43. The van der Waals surface area contributed by atoms with Gasteiger partial charge in [0, 0.05) is 16.8 Å². The lowest BCUT2D eigenvalue weighted by molar-refractivity contribution is -0.117. The molecule has 0 saturated heterocycles. The Hall–Kier alpha value is -3.07. The maximum atomic E-state index is 13.0. The average Bonchev–Trinajstić information content (AvgIpc) is 3.22. The number of nitrogens with one attached hydrogen (secondary N) is 2. The summed E-state index contributed by atoms with van der Waals surface area (Å²) in [4.78, 5) is 13.1. The molecule has 0 spiro atoms. The molecule has 0 aliphatic carbocycles. The predicted octanol–water partition coefficient (Wildman–Crippen LogP) is 3.60. The Kier molecular flexibility index (Phi) is 6.13. The van der Waals surface area contributed by atoms with Gasteiger partial charge in [0.25, 0.3) is 0 Å². The molecule has 1 heterocycles. The van der Waals surface area contributed by atoms with E-state index in [9.17, 15) is 13.2 Å². The van der Waals surface area contributed by atoms with Gasteiger partial charge in [-0.1, -0.05) is 41.9 Å². The molecule has 4 rings (SSSR count). The van der Waals surface area contributed by atoms with Crippen LogP contribution in [-0.4, -0.2) is 27.2 Å². The Morgan fingerprint density at radius 1 is 0.968 bits per heavy atom. The first-order valence-electron chi connectivity index (χ1n) is 9.43. The van der Waals surface area contributed by atoms with E-state index in [0.29, 0.717) is 22.2 Å². The molecule has 3 aromatic carbocycles. The molecule has 160 valence electrons. The van der Waals surface area contributed by atoms with Gasteiger partial charge in [-0.2, -0.15) is 4.72 Å². The Bertz CT molecular complexity index is 1180. The van der Waals surface area contributed by atoms with Gasteiger partial charge in [0.2, 0.25) is 22.7 Å². The second kappa shape index (κ2) is 8.97. The largest absolute Gasteiger partial charge is 0.454 e. The normalized spacial score (nSPS) is 13.6. The topological polar surface area (TPSA) is 93.7 Å². The zero-order valence-electron chi connectivity index (χ0n) is 16.2. The van der Waals surface area contributed by atoms with E-state index in [-0.39, 0.29) is 18.1 Å². The van der Waals surface area contributed by atoms with Gasteiger partial charge in [-0.15, -0.1) is 0 Å². The molecule has 31 heavy (non-hydrogen) atoms. The highest BCUT2D eigenvalue weighted by Crippen LogP contribution is 2.34. The van der Waals surface area contributed by atoms with Crippen LogP contribution in [0.15, 0.2) is 77.7 Å². The summed E-state index contributed by atoms with van der Waals surface area (Å²) in [7, 11) is -3.96. The number of amides is 1. The number of ether oxygens (including phenoxy) is 2. The van der Waals surface area contributed by atoms with Gasteiger partial charge < -0.3 is 14.8 Å². The van der Waals surface area contributed by atoms with Crippen LogP contribution >= 0.6 is 11.6 Å².